The van der Waals surface area contributed by atoms with Crippen LogP contribution in [-0.2, 0) is 4.74 Å². The second kappa shape index (κ2) is 4.72. The van der Waals surface area contributed by atoms with Gasteiger partial charge in [-0.2, -0.15) is 0 Å². The summed E-state index contributed by atoms with van der Waals surface area (Å²) in [6, 6.07) is 0.373. The summed E-state index contributed by atoms with van der Waals surface area (Å²) < 4.78 is 5.41. The van der Waals surface area contributed by atoms with Gasteiger partial charge in [0.15, 0.2) is 0 Å². The lowest BCUT2D eigenvalue weighted by atomic mass is 9.77. The Bertz CT molecular complexity index is 314. The van der Waals surface area contributed by atoms with Crippen molar-refractivity contribution in [1.29, 1.82) is 0 Å². The fraction of sp³-hybridized carbons (Fsp3) is 0.929. The summed E-state index contributed by atoms with van der Waals surface area (Å²) in [6.07, 6.45) is 5.51. The minimum atomic E-state index is -0.401. The van der Waals surface area contributed by atoms with E-state index in [1.165, 1.54) is 6.42 Å². The van der Waals surface area contributed by atoms with Gasteiger partial charge in [-0.1, -0.05) is 0 Å². The van der Waals surface area contributed by atoms with Crippen molar-refractivity contribution in [3.05, 3.63) is 0 Å². The first-order valence-corrected chi connectivity index (χ1v) is 7.03. The van der Waals surface area contributed by atoms with Crippen molar-refractivity contribution in [2.75, 3.05) is 13.1 Å². The van der Waals surface area contributed by atoms with E-state index in [0.29, 0.717) is 11.5 Å². The van der Waals surface area contributed by atoms with Gasteiger partial charge < -0.3 is 15.4 Å². The van der Waals surface area contributed by atoms with E-state index in [2.05, 4.69) is 0 Å². The van der Waals surface area contributed by atoms with E-state index in [4.69, 9.17) is 10.5 Å². The molecule has 4 nitrogen and oxygen atoms in total. The van der Waals surface area contributed by atoms with Crippen LogP contribution in [0.15, 0.2) is 0 Å². The van der Waals surface area contributed by atoms with Crippen LogP contribution >= 0.6 is 0 Å². The highest BCUT2D eigenvalue weighted by Crippen LogP contribution is 2.45. The van der Waals surface area contributed by atoms with Crippen LogP contribution in [0.3, 0.4) is 0 Å². The highest BCUT2D eigenvalue weighted by atomic mass is 16.6. The zero-order chi connectivity index (χ0) is 13.4. The largest absolute Gasteiger partial charge is 0.444 e. The molecule has 0 radical (unpaired) electrons. The Morgan fingerprint density at radius 2 is 1.89 bits per heavy atom. The van der Waals surface area contributed by atoms with Gasteiger partial charge in [-0.3, -0.25) is 0 Å². The molecule has 1 spiro atoms. The maximum absolute atomic E-state index is 12.0. The molecule has 18 heavy (non-hydrogen) atoms. The molecule has 4 heteroatoms. The summed E-state index contributed by atoms with van der Waals surface area (Å²) in [4.78, 5) is 13.8. The number of hydrogen-bond donors (Lipinski definition) is 1. The van der Waals surface area contributed by atoms with Crippen LogP contribution in [0.2, 0.25) is 0 Å². The molecule has 2 rings (SSSR count). The van der Waals surface area contributed by atoms with E-state index in [1.54, 1.807) is 0 Å². The Morgan fingerprint density at radius 1 is 1.28 bits per heavy atom. The second-order valence-electron chi connectivity index (χ2n) is 6.97. The summed E-state index contributed by atoms with van der Waals surface area (Å²) in [6.45, 7) is 7.37. The first kappa shape index (κ1) is 13.7. The van der Waals surface area contributed by atoms with Gasteiger partial charge in [0.1, 0.15) is 5.60 Å². The number of likely N-dealkylation sites (tertiary alicyclic amines) is 1. The third-order valence-electron chi connectivity index (χ3n) is 4.22. The summed E-state index contributed by atoms with van der Waals surface area (Å²) in [5.41, 5.74) is 6.03. The second-order valence-corrected chi connectivity index (χ2v) is 6.97. The number of nitrogens with two attached hydrogens (primary N) is 1. The van der Waals surface area contributed by atoms with Crippen LogP contribution in [0, 0.1) is 5.41 Å². The molecule has 0 aromatic heterocycles. The van der Waals surface area contributed by atoms with E-state index in [0.717, 1.165) is 38.8 Å². The van der Waals surface area contributed by atoms with Crippen molar-refractivity contribution in [3.8, 4) is 0 Å². The van der Waals surface area contributed by atoms with Gasteiger partial charge in [-0.25, -0.2) is 4.79 Å². The lowest BCUT2D eigenvalue weighted by molar-refractivity contribution is 0.0106. The smallest absolute Gasteiger partial charge is 0.410 e. The molecule has 1 aliphatic carbocycles. The summed E-state index contributed by atoms with van der Waals surface area (Å²) in [5.74, 6) is 0. The van der Waals surface area contributed by atoms with E-state index in [-0.39, 0.29) is 6.09 Å². The topological polar surface area (TPSA) is 55.6 Å². The van der Waals surface area contributed by atoms with Gasteiger partial charge in [0.2, 0.25) is 0 Å². The zero-order valence-corrected chi connectivity index (χ0v) is 11.9. The molecule has 1 unspecified atom stereocenters. The van der Waals surface area contributed by atoms with Crippen molar-refractivity contribution in [3.63, 3.8) is 0 Å². The van der Waals surface area contributed by atoms with Crippen LogP contribution in [0.1, 0.15) is 52.9 Å². The Hall–Kier alpha value is -0.770. The monoisotopic (exact) mass is 254 g/mol. The minimum Gasteiger partial charge on any atom is -0.444 e. The maximum Gasteiger partial charge on any atom is 0.410 e. The molecule has 1 atom stereocenters. The highest BCUT2D eigenvalue weighted by molar-refractivity contribution is 5.68. The standard InChI is InChI=1S/C14H26N2O2/c1-13(2,3)18-12(17)16-8-6-14(7-9-16)5-4-11(15)10-14/h11H,4-10,15H2,1-3H3. The molecule has 0 aromatic carbocycles. The van der Waals surface area contributed by atoms with E-state index < -0.39 is 5.60 Å². The molecule has 1 aliphatic heterocycles. The fourth-order valence-corrected chi connectivity index (χ4v) is 3.20. The number of carbonyl (C=O) groups excluding carboxylic acids is 1. The van der Waals surface area contributed by atoms with Crippen LogP contribution < -0.4 is 5.73 Å². The fourth-order valence-electron chi connectivity index (χ4n) is 3.20. The molecule has 2 fully saturated rings. The van der Waals surface area contributed by atoms with Crippen LogP contribution in [0.5, 0.6) is 0 Å². The normalized spacial score (nSPS) is 27.6. The average Bonchev–Trinajstić information content (AvgIpc) is 2.58. The molecule has 1 saturated heterocycles. The van der Waals surface area contributed by atoms with Crippen molar-refractivity contribution in [2.24, 2.45) is 11.1 Å². The van der Waals surface area contributed by atoms with Crippen molar-refractivity contribution in [1.82, 2.24) is 4.90 Å². The van der Waals surface area contributed by atoms with Crippen molar-refractivity contribution >= 4 is 6.09 Å². The predicted octanol–water partition coefficient (Wildman–Crippen LogP) is 2.51. The Labute approximate surface area is 110 Å². The quantitative estimate of drug-likeness (QED) is 0.722. The lowest BCUT2D eigenvalue weighted by Crippen LogP contribution is -2.44. The molecule has 1 saturated carbocycles. The van der Waals surface area contributed by atoms with Crippen LogP contribution in [-0.4, -0.2) is 35.7 Å². The Morgan fingerprint density at radius 3 is 2.33 bits per heavy atom. The summed E-state index contributed by atoms with van der Waals surface area (Å²) >= 11 is 0. The molecule has 104 valence electrons. The van der Waals surface area contributed by atoms with Gasteiger partial charge in [0.25, 0.3) is 0 Å². The maximum atomic E-state index is 12.0. The average molecular weight is 254 g/mol. The molecule has 1 heterocycles. The number of rotatable bonds is 0. The van der Waals surface area contributed by atoms with Crippen LogP contribution in [0.4, 0.5) is 4.79 Å². The molecule has 2 N–H and O–H groups in total. The van der Waals surface area contributed by atoms with Gasteiger partial charge in [0.05, 0.1) is 0 Å². The first-order valence-electron chi connectivity index (χ1n) is 7.03. The predicted molar refractivity (Wildman–Crippen MR) is 71.3 cm³/mol. The molecular weight excluding hydrogens is 228 g/mol. The minimum absolute atomic E-state index is 0.167. The van der Waals surface area contributed by atoms with Gasteiger partial charge in [-0.15, -0.1) is 0 Å². The number of carbonyl (C=O) groups is 1. The van der Waals surface area contributed by atoms with Crippen LogP contribution in [0.25, 0.3) is 0 Å². The molecule has 0 bridgehead atoms. The number of hydrogen-bond acceptors (Lipinski definition) is 3. The lowest BCUT2D eigenvalue weighted by Gasteiger charge is -2.39. The van der Waals surface area contributed by atoms with E-state index in [1.807, 2.05) is 25.7 Å². The SMILES string of the molecule is CC(C)(C)OC(=O)N1CCC2(CCC(N)C2)CC1. The third kappa shape index (κ3) is 3.16. The van der Waals surface area contributed by atoms with E-state index >= 15 is 0 Å². The number of piperidine rings is 1. The van der Waals surface area contributed by atoms with Gasteiger partial charge >= 0.3 is 6.09 Å². The summed E-state index contributed by atoms with van der Waals surface area (Å²) in [5, 5.41) is 0. The zero-order valence-electron chi connectivity index (χ0n) is 11.9. The van der Waals surface area contributed by atoms with Crippen molar-refractivity contribution in [2.45, 2.75) is 64.5 Å². The molecule has 2 aliphatic rings. The summed E-state index contributed by atoms with van der Waals surface area (Å²) in [7, 11) is 0. The number of amides is 1. The Kier molecular flexibility index (Phi) is 3.58. The number of ether oxygens (including phenoxy) is 1. The van der Waals surface area contributed by atoms with Gasteiger partial charge in [-0.05, 0) is 58.3 Å². The van der Waals surface area contributed by atoms with E-state index in [9.17, 15) is 4.79 Å². The Balaban J connectivity index is 1.85. The number of nitrogens with zero attached hydrogens (tertiary/aromatic N) is 1. The third-order valence-corrected chi connectivity index (χ3v) is 4.22. The van der Waals surface area contributed by atoms with Crippen molar-refractivity contribution < 1.29 is 9.53 Å². The molecule has 1 amide bonds. The highest BCUT2D eigenvalue weighted by Gasteiger charge is 2.41. The molecular formula is C14H26N2O2. The first-order chi connectivity index (χ1) is 8.30. The molecule has 0 aromatic rings. The van der Waals surface area contributed by atoms with Gasteiger partial charge in [0, 0.05) is 19.1 Å².